The van der Waals surface area contributed by atoms with Gasteiger partial charge in [0.05, 0.1) is 48.0 Å². The number of nitrogens with two attached hydrogens (primary N) is 2. The summed E-state index contributed by atoms with van der Waals surface area (Å²) in [5.74, 6) is -14.0. The van der Waals surface area contributed by atoms with E-state index in [-0.39, 0.29) is 63.9 Å². The molecule has 808 valence electrons. The molecule has 7 aliphatic rings. The molecule has 5 aromatic rings. The number of phenols is 2. The van der Waals surface area contributed by atoms with E-state index in [1.54, 1.807) is 13.0 Å². The van der Waals surface area contributed by atoms with E-state index in [2.05, 4.69) is 85.5 Å². The second kappa shape index (κ2) is 49.4. The Morgan fingerprint density at radius 2 is 1.28 bits per heavy atom. The quantitative estimate of drug-likeness (QED) is 0.00505. The number of phenolic OH excluding ortho intramolecular Hbond substituents is 2. The van der Waals surface area contributed by atoms with Crippen LogP contribution >= 0.6 is 8.17 Å². The number of carboxylic acids is 2. The molecule has 50 nitrogen and oxygen atoms in total. The van der Waals surface area contributed by atoms with Crippen LogP contribution in [0.3, 0.4) is 0 Å². The van der Waals surface area contributed by atoms with E-state index < -0.39 is 287 Å². The van der Waals surface area contributed by atoms with Gasteiger partial charge in [-0.2, -0.15) is 9.79 Å². The fourth-order valence-electron chi connectivity index (χ4n) is 17.7. The maximum atomic E-state index is 14.2. The van der Waals surface area contributed by atoms with Crippen LogP contribution in [0.1, 0.15) is 197 Å². The maximum Gasteiger partial charge on any atom is 0.572 e. The molecule has 26 atom stereocenters. The van der Waals surface area contributed by atoms with Gasteiger partial charge in [-0.15, -0.1) is 14.1 Å². The minimum Gasteiger partial charge on any atom is -0.508 e. The topological polar surface area (TPSA) is 758 Å². The predicted molar refractivity (Wildman–Crippen MR) is 507 cm³/mol. The van der Waals surface area contributed by atoms with Gasteiger partial charge in [0.1, 0.15) is 121 Å². The first-order valence-corrected chi connectivity index (χ1v) is 48.9. The number of carboxylic acid groups (broad SMARTS) is 2. The van der Waals surface area contributed by atoms with E-state index >= 15 is 0 Å². The number of esters is 1. The lowest BCUT2D eigenvalue weighted by atomic mass is 9.77. The number of aliphatic hydroxyl groups is 9. The molecule has 22 N–H and O–H groups in total. The van der Waals surface area contributed by atoms with E-state index in [1.807, 2.05) is 6.08 Å². The van der Waals surface area contributed by atoms with Crippen LogP contribution in [0.4, 0.5) is 10.5 Å². The summed E-state index contributed by atoms with van der Waals surface area (Å²) >= 11 is 0. The number of primary amides is 2. The van der Waals surface area contributed by atoms with Crippen molar-refractivity contribution in [2.45, 2.75) is 280 Å². The molecule has 5 saturated heterocycles. The summed E-state index contributed by atoms with van der Waals surface area (Å²) < 4.78 is 90.2. The van der Waals surface area contributed by atoms with Crippen molar-refractivity contribution in [3.63, 3.8) is 0 Å². The molecule has 7 aliphatic heterocycles. The number of carbonyl (C=O) groups excluding carboxylic acids is 7. The number of nitro benzene ring substituents is 1. The molecule has 5 amide bonds. The molecule has 0 aliphatic carbocycles. The van der Waals surface area contributed by atoms with E-state index in [9.17, 15) is 129 Å². The Labute approximate surface area is 846 Å². The summed E-state index contributed by atoms with van der Waals surface area (Å²) in [5, 5.41) is 169. The third-order valence-corrected chi connectivity index (χ3v) is 26.9. The lowest BCUT2D eigenvalue weighted by Gasteiger charge is -2.51. The number of aromatic nitrogens is 3. The van der Waals surface area contributed by atoms with Gasteiger partial charge >= 0.3 is 32.2 Å². The third-order valence-electron chi connectivity index (χ3n) is 25.9. The van der Waals surface area contributed by atoms with Crippen LogP contribution in [0.2, 0.25) is 0 Å². The molecule has 148 heavy (non-hydrogen) atoms. The predicted octanol–water partition coefficient (Wildman–Crippen LogP) is 3.31. The number of amides is 5. The van der Waals surface area contributed by atoms with E-state index in [1.165, 1.54) is 86.5 Å². The Balaban J connectivity index is 0.741. The number of nitrogens with one attached hydrogen (secondary N) is 3. The van der Waals surface area contributed by atoms with Gasteiger partial charge in [0.25, 0.3) is 17.5 Å². The summed E-state index contributed by atoms with van der Waals surface area (Å²) in [5.41, 5.74) is 12.9. The minimum absolute atomic E-state index is 0.0450. The first kappa shape index (κ1) is 115. The molecule has 25 unspecified atom stereocenters. The number of Topliss-reactive ketones (excluding diaryl/α,β-unsaturated/α-hetero) is 1. The number of hydrogen-bond donors (Lipinski definition) is 20. The Morgan fingerprint density at radius 3 is 1.91 bits per heavy atom. The minimum atomic E-state index is -5.57. The number of nitro groups is 1. The molecule has 51 heteroatoms. The van der Waals surface area contributed by atoms with E-state index in [0.29, 0.717) is 24.0 Å². The number of carbonyl (C=O) groups is 9. The smallest absolute Gasteiger partial charge is 0.508 e. The summed E-state index contributed by atoms with van der Waals surface area (Å²) in [4.78, 5) is 159. The summed E-state index contributed by atoms with van der Waals surface area (Å²) in [6.07, 6.45) is -36.4. The van der Waals surface area contributed by atoms with Gasteiger partial charge in [-0.25, -0.2) is 24.0 Å². The number of aliphatic hydroxyl groups excluding tert-OH is 9. The number of nitrogens with zero attached hydrogens (tertiary/aromatic N) is 4. The van der Waals surface area contributed by atoms with Gasteiger partial charge in [0.2, 0.25) is 29.7 Å². The van der Waals surface area contributed by atoms with E-state index in [0.717, 1.165) is 73.1 Å². The number of ketones is 1. The van der Waals surface area contributed by atoms with Crippen molar-refractivity contribution < 1.29 is 195 Å². The van der Waals surface area contributed by atoms with Crippen molar-refractivity contribution in [2.75, 3.05) is 32.9 Å². The second-order valence-electron chi connectivity index (χ2n) is 37.9. The Kier molecular flexibility index (Phi) is 38.3. The Hall–Kier alpha value is -11.7. The van der Waals surface area contributed by atoms with Crippen LogP contribution in [0.5, 0.6) is 23.0 Å². The maximum absolute atomic E-state index is 14.2. The molecule has 1 spiro atoms. The number of fused-ring (bicyclic) bond motifs is 6. The van der Waals surface area contributed by atoms with Crippen LogP contribution in [0.15, 0.2) is 132 Å². The van der Waals surface area contributed by atoms with Crippen LogP contribution < -0.4 is 32.2 Å². The fourth-order valence-corrected chi connectivity index (χ4v) is 18.6. The van der Waals surface area contributed by atoms with Gasteiger partial charge < -0.3 is 155 Å². The molecule has 1 aromatic heterocycles. The average Bonchev–Trinajstić information content (AvgIpc) is 1.52. The molecular weight excluding hydrogens is 1980 g/mol. The highest BCUT2D eigenvalue weighted by molar-refractivity contribution is 7.54. The number of benzene rings is 4. The molecular formula is C97H125N9O41P+. The van der Waals surface area contributed by atoms with Crippen molar-refractivity contribution in [1.29, 1.82) is 0 Å². The molecule has 0 saturated carbocycles. The van der Waals surface area contributed by atoms with Crippen molar-refractivity contribution in [1.82, 2.24) is 30.7 Å². The lowest BCUT2D eigenvalue weighted by molar-refractivity contribution is -0.419. The molecule has 12 rings (SSSR count). The molecule has 0 radical (unpaired) electrons. The van der Waals surface area contributed by atoms with Crippen molar-refractivity contribution >= 4 is 67.3 Å². The monoisotopic (exact) mass is 2100 g/mol. The van der Waals surface area contributed by atoms with Gasteiger partial charge in [0.15, 0.2) is 55.1 Å². The highest BCUT2D eigenvalue weighted by atomic mass is 31.2. The van der Waals surface area contributed by atoms with Crippen molar-refractivity contribution in [3.05, 3.63) is 187 Å². The van der Waals surface area contributed by atoms with Gasteiger partial charge in [-0.3, -0.25) is 38.9 Å². The molecule has 5 fully saturated rings. The Bertz CT molecular complexity index is 5760. The number of ether oxygens (including phenoxy) is 13. The van der Waals surface area contributed by atoms with Crippen LogP contribution in [-0.2, 0) is 90.7 Å². The fraction of sp³-hybridized carbons (Fsp3) is 0.536. The number of rotatable bonds is 45. The normalized spacial score (nSPS) is 28.7. The van der Waals surface area contributed by atoms with Crippen LogP contribution in [0.25, 0.3) is 5.69 Å². The Morgan fingerprint density at radius 1 is 0.655 bits per heavy atom. The van der Waals surface area contributed by atoms with E-state index in [4.69, 9.17) is 82.1 Å². The molecule has 0 bridgehead atoms. The highest BCUT2D eigenvalue weighted by Crippen LogP contribution is 2.59. The number of allylic oxidation sites excluding steroid dienone is 8. The highest BCUT2D eigenvalue weighted by Gasteiger charge is 2.62. The first-order chi connectivity index (χ1) is 69.8. The molecule has 8 heterocycles. The summed E-state index contributed by atoms with van der Waals surface area (Å²) in [6.45, 7) is 17.9. The SMILES string of the molecule is C=C(C/C=C(\C)CCC=C(C)C)CCC(C)(C)/C=C/CC/C(C)=C\CO[C@H](CO[P+](O)(O)OC1OC(C(N)=O)C(C)C(OC(N)=O)C1OC1OC(OC2OC(CO)C(O)C(O)C2O)C(OC2OC(C)C(OC3OC(c4nc(C(=O)CCC(=O)O)nn4-c4ccc([N+](=O)[O-])c(C(=O)NCCNC(=O)c5ccc6c(c5)C(=O)OC65c6ccc(O)cc6Oc6cc(O)ccc65)c4)C(O)C(O)C3O)C(O)C2C)C(O)C1NC(C)=O)C(=O)O. The number of aliphatic carboxylic acids is 2. The zero-order valence-corrected chi connectivity index (χ0v) is 83.0. The van der Waals surface area contributed by atoms with Crippen molar-refractivity contribution in [3.8, 4) is 28.7 Å². The third kappa shape index (κ3) is 27.3. The van der Waals surface area contributed by atoms with Crippen LogP contribution in [-0.4, -0.2) is 324 Å². The lowest BCUT2D eigenvalue weighted by Crippen LogP contribution is -2.69. The van der Waals surface area contributed by atoms with Gasteiger partial charge in [-0.05, 0) is 134 Å². The number of hydrogen-bond acceptors (Lipinski definition) is 41. The second-order valence-corrected chi connectivity index (χ2v) is 39.4. The standard InChI is InChI=1S/C97H124N9O41P/c1-43(2)15-14-17-44(3)18-19-46(5)30-33-96(10,11)32-13-12-16-45(4)31-36-133-65(87(125)126)42-134-148(131,132)147-94-81(76(143-95(99)128)48(7)77(138-94)82(98)122)142-90-67(102-50(9)108)70(116)80(93(144-90)145-91-74(120)71(117)69(115)64(41-107)137-91)141-89-47(6)68(114)78(49(8)135-89)139-92-75(121)72(118)73(119)79(140-92)84-103-83(61(111)28-29-66(112)113)104-105(84)52-21-27-60(106(129)130)56(38-52)86(124)101-35-34-100-85(123)51-20-24-57-55(37-51)88(127)146-97(57)58-25-22-53(109)39-62(58)136-63-40-54(110)23-26-59(63)97/h13,15,18,20-27,31-32,37-40,47-49,64-65,67-81,89-94,107,114-121,131-132H,5,12,14,16-17,19,28-30,33-36,41-42H2,1-4,6-11H3,(H10-,98,99,100,101,102,108,109,110,112,113,122,123,124,125,126,128)/p+1/b32-13+,44-18+,45-31-/t47?,48?,49?,64?,65-,67?,68?,69?,70?,71?,72?,73?,74?,75?,76?,77?,78?,79?,80?,81?,89?,90?,91?,92?,93?,94?/m1/s1. The zero-order valence-electron chi connectivity index (χ0n) is 82.1. The summed E-state index contributed by atoms with van der Waals surface area (Å²) in [7, 11) is -5.57. The summed E-state index contributed by atoms with van der Waals surface area (Å²) in [6, 6.07) is 13.0. The average molecular weight is 2100 g/mol. The van der Waals surface area contributed by atoms with Gasteiger partial charge in [-0.1, -0.05) is 93.0 Å². The molecule has 4 aromatic carbocycles. The largest absolute Gasteiger partial charge is 0.572 e. The van der Waals surface area contributed by atoms with Crippen molar-refractivity contribution in [2.24, 2.45) is 28.7 Å². The first-order valence-electron chi connectivity index (χ1n) is 47.4. The van der Waals surface area contributed by atoms with Gasteiger partial charge in [0, 0.05) is 78.7 Å². The zero-order chi connectivity index (χ0) is 108. The van der Waals surface area contributed by atoms with Crippen LogP contribution in [0, 0.1) is 27.4 Å². The number of aromatic hydroxyl groups is 2.